The largest absolute Gasteiger partial charge is 0.353 e. The molecule has 206 valence electrons. The second kappa shape index (κ2) is 12.9. The molecule has 1 aromatic carbocycles. The lowest BCUT2D eigenvalue weighted by molar-refractivity contribution is -0.122. The summed E-state index contributed by atoms with van der Waals surface area (Å²) >= 11 is 0. The summed E-state index contributed by atoms with van der Waals surface area (Å²) in [7, 11) is 0. The number of benzene rings is 1. The van der Waals surface area contributed by atoms with Crippen molar-refractivity contribution in [1.82, 2.24) is 20.0 Å². The molecule has 38 heavy (non-hydrogen) atoms. The van der Waals surface area contributed by atoms with Crippen molar-refractivity contribution in [1.29, 1.82) is 0 Å². The van der Waals surface area contributed by atoms with Gasteiger partial charge in [0.2, 0.25) is 12.3 Å². The highest BCUT2D eigenvalue weighted by atomic mass is 16.2. The minimum Gasteiger partial charge on any atom is -0.353 e. The maximum atomic E-state index is 13.1. The number of rotatable bonds is 12. The van der Waals surface area contributed by atoms with Gasteiger partial charge in [-0.3, -0.25) is 19.2 Å². The molecule has 2 aliphatic carbocycles. The monoisotopic (exact) mass is 519 g/mol. The number of carbonyl (C=O) groups is 2. The SMILES string of the molecule is CCc1ccccc1-c1cc(N(C=O)[C@@H](CCN2CCCCC2)CC(=O)NC2CCC2)nn1C1CCCC1. The minimum atomic E-state index is -0.212. The van der Waals surface area contributed by atoms with Crippen molar-refractivity contribution in [2.75, 3.05) is 24.5 Å². The van der Waals surface area contributed by atoms with Gasteiger partial charge in [-0.25, -0.2) is 0 Å². The average Bonchev–Trinajstić information content (AvgIpc) is 3.61. The number of hydrogen-bond donors (Lipinski definition) is 1. The molecule has 7 nitrogen and oxygen atoms in total. The first kappa shape index (κ1) is 26.9. The number of nitrogens with zero attached hydrogens (tertiary/aromatic N) is 4. The van der Waals surface area contributed by atoms with Crippen LogP contribution in [-0.2, 0) is 16.0 Å². The zero-order chi connectivity index (χ0) is 26.3. The van der Waals surface area contributed by atoms with Crippen LogP contribution in [0, 0.1) is 0 Å². The number of piperidine rings is 1. The molecule has 1 N–H and O–H groups in total. The van der Waals surface area contributed by atoms with Crippen molar-refractivity contribution < 1.29 is 9.59 Å². The third kappa shape index (κ3) is 6.31. The topological polar surface area (TPSA) is 70.5 Å². The molecule has 3 fully saturated rings. The first-order valence-electron chi connectivity index (χ1n) is 15.1. The third-order valence-corrected chi connectivity index (χ3v) is 8.96. The Hall–Kier alpha value is -2.67. The third-order valence-electron chi connectivity index (χ3n) is 8.96. The molecule has 0 radical (unpaired) electrons. The van der Waals surface area contributed by atoms with E-state index >= 15 is 0 Å². The van der Waals surface area contributed by atoms with E-state index in [2.05, 4.69) is 52.2 Å². The first-order chi connectivity index (χ1) is 18.7. The molecule has 7 heteroatoms. The molecule has 3 aliphatic rings. The maximum Gasteiger partial charge on any atom is 0.222 e. The van der Waals surface area contributed by atoms with Gasteiger partial charge in [0, 0.05) is 36.7 Å². The molecule has 1 aliphatic heterocycles. The van der Waals surface area contributed by atoms with Crippen LogP contribution < -0.4 is 10.2 Å². The molecule has 5 rings (SSSR count). The second-order valence-corrected chi connectivity index (χ2v) is 11.5. The van der Waals surface area contributed by atoms with Crippen LogP contribution in [0.3, 0.4) is 0 Å². The van der Waals surface area contributed by atoms with Crippen molar-refractivity contribution in [3.05, 3.63) is 35.9 Å². The van der Waals surface area contributed by atoms with E-state index in [4.69, 9.17) is 5.10 Å². The average molecular weight is 520 g/mol. The van der Waals surface area contributed by atoms with Gasteiger partial charge in [0.05, 0.1) is 11.7 Å². The van der Waals surface area contributed by atoms with Crippen LogP contribution in [0.4, 0.5) is 5.82 Å². The lowest BCUT2D eigenvalue weighted by Crippen LogP contribution is -2.45. The summed E-state index contributed by atoms with van der Waals surface area (Å²) in [5.74, 6) is 0.727. The molecule has 1 saturated heterocycles. The smallest absolute Gasteiger partial charge is 0.222 e. The van der Waals surface area contributed by atoms with Crippen molar-refractivity contribution in [2.45, 2.75) is 109 Å². The summed E-state index contributed by atoms with van der Waals surface area (Å²) in [6.07, 6.45) is 14.7. The van der Waals surface area contributed by atoms with Gasteiger partial charge < -0.3 is 10.2 Å². The van der Waals surface area contributed by atoms with Crippen LogP contribution in [0.25, 0.3) is 11.3 Å². The normalized spacial score (nSPS) is 19.7. The molecule has 2 saturated carbocycles. The summed E-state index contributed by atoms with van der Waals surface area (Å²) in [5.41, 5.74) is 3.57. The van der Waals surface area contributed by atoms with E-state index in [1.54, 1.807) is 4.90 Å². The van der Waals surface area contributed by atoms with Crippen molar-refractivity contribution in [3.63, 3.8) is 0 Å². The molecular weight excluding hydrogens is 474 g/mol. The maximum absolute atomic E-state index is 13.1. The predicted molar refractivity (Wildman–Crippen MR) is 152 cm³/mol. The van der Waals surface area contributed by atoms with Crippen LogP contribution in [0.1, 0.15) is 95.6 Å². The van der Waals surface area contributed by atoms with Gasteiger partial charge in [0.15, 0.2) is 5.82 Å². The molecule has 2 aromatic rings. The predicted octanol–water partition coefficient (Wildman–Crippen LogP) is 5.49. The van der Waals surface area contributed by atoms with Crippen LogP contribution in [0.2, 0.25) is 0 Å². The van der Waals surface area contributed by atoms with Crippen molar-refractivity contribution >= 4 is 18.1 Å². The van der Waals surface area contributed by atoms with Gasteiger partial charge in [-0.2, -0.15) is 5.10 Å². The first-order valence-corrected chi connectivity index (χ1v) is 15.1. The Balaban J connectivity index is 1.43. The van der Waals surface area contributed by atoms with Gasteiger partial charge in [-0.15, -0.1) is 0 Å². The number of anilines is 1. The quantitative estimate of drug-likeness (QED) is 0.376. The van der Waals surface area contributed by atoms with Gasteiger partial charge in [0.25, 0.3) is 0 Å². The van der Waals surface area contributed by atoms with E-state index < -0.39 is 0 Å². The van der Waals surface area contributed by atoms with Crippen molar-refractivity contribution in [2.24, 2.45) is 0 Å². The highest BCUT2D eigenvalue weighted by Crippen LogP contribution is 2.37. The lowest BCUT2D eigenvalue weighted by atomic mass is 9.93. The number of aromatic nitrogens is 2. The van der Waals surface area contributed by atoms with Crippen molar-refractivity contribution in [3.8, 4) is 11.3 Å². The zero-order valence-corrected chi connectivity index (χ0v) is 23.1. The van der Waals surface area contributed by atoms with Crippen LogP contribution in [0.15, 0.2) is 30.3 Å². The molecule has 2 heterocycles. The van der Waals surface area contributed by atoms with Crippen LogP contribution in [0.5, 0.6) is 0 Å². The Morgan fingerprint density at radius 2 is 1.84 bits per heavy atom. The summed E-state index contributed by atoms with van der Waals surface area (Å²) in [4.78, 5) is 30.0. The van der Waals surface area contributed by atoms with E-state index in [0.717, 1.165) is 70.3 Å². The number of hydrogen-bond acceptors (Lipinski definition) is 4. The Bertz CT molecular complexity index is 1070. The Labute approximate surface area is 227 Å². The number of carbonyl (C=O) groups excluding carboxylic acids is 2. The fourth-order valence-electron chi connectivity index (χ4n) is 6.45. The van der Waals surface area contributed by atoms with E-state index in [1.807, 2.05) is 0 Å². The Kier molecular flexibility index (Phi) is 9.15. The molecule has 1 atom stereocenters. The van der Waals surface area contributed by atoms with Gasteiger partial charge in [-0.1, -0.05) is 50.5 Å². The Morgan fingerprint density at radius 1 is 1.08 bits per heavy atom. The fraction of sp³-hybridized carbons (Fsp3) is 0.645. The summed E-state index contributed by atoms with van der Waals surface area (Å²) in [5, 5.41) is 8.29. The van der Waals surface area contributed by atoms with E-state index in [1.165, 1.54) is 49.7 Å². The fourth-order valence-corrected chi connectivity index (χ4v) is 6.45. The highest BCUT2D eigenvalue weighted by molar-refractivity contribution is 5.82. The molecule has 0 bridgehead atoms. The number of nitrogens with one attached hydrogen (secondary N) is 1. The summed E-state index contributed by atoms with van der Waals surface area (Å²) in [6, 6.07) is 11.1. The Morgan fingerprint density at radius 3 is 2.53 bits per heavy atom. The molecular formula is C31H45N5O2. The molecule has 0 spiro atoms. The molecule has 1 aromatic heterocycles. The number of amides is 2. The standard InChI is InChI=1S/C31H45N5O2/c1-2-24-11-4-7-16-28(24)29-22-30(33-36(29)26-14-5-6-15-26)35(23-37)27(17-20-34-18-8-3-9-19-34)21-31(38)32-25-12-10-13-25/h4,7,11,16,22-23,25-27H,2-3,5-6,8-10,12-15,17-21H2,1H3,(H,32,38)/t27-/m0/s1. The second-order valence-electron chi connectivity index (χ2n) is 11.5. The molecule has 0 unspecified atom stereocenters. The minimum absolute atomic E-state index is 0.0528. The van der Waals surface area contributed by atoms with Crippen LogP contribution >= 0.6 is 0 Å². The summed E-state index contributed by atoms with van der Waals surface area (Å²) in [6.45, 7) is 5.30. The van der Waals surface area contributed by atoms with Crippen LogP contribution in [-0.4, -0.2) is 58.7 Å². The highest BCUT2D eigenvalue weighted by Gasteiger charge is 2.30. The molecule has 2 amide bonds. The zero-order valence-electron chi connectivity index (χ0n) is 23.1. The van der Waals surface area contributed by atoms with Gasteiger partial charge in [-0.05, 0) is 76.4 Å². The van der Waals surface area contributed by atoms with E-state index in [0.29, 0.717) is 24.3 Å². The summed E-state index contributed by atoms with van der Waals surface area (Å²) < 4.78 is 2.18. The van der Waals surface area contributed by atoms with E-state index in [9.17, 15) is 9.59 Å². The van der Waals surface area contributed by atoms with Gasteiger partial charge >= 0.3 is 0 Å². The number of likely N-dealkylation sites (tertiary alicyclic amines) is 1. The van der Waals surface area contributed by atoms with E-state index in [-0.39, 0.29) is 11.9 Å². The lowest BCUT2D eigenvalue weighted by Gasteiger charge is -2.32. The van der Waals surface area contributed by atoms with Gasteiger partial charge in [0.1, 0.15) is 0 Å². The number of aryl methyl sites for hydroxylation is 1.